The molecule has 0 spiro atoms. The van der Waals surface area contributed by atoms with E-state index in [1.807, 2.05) is 24.3 Å². The van der Waals surface area contributed by atoms with Crippen molar-refractivity contribution in [3.8, 4) is 0 Å². The van der Waals surface area contributed by atoms with Gasteiger partial charge in [0.05, 0.1) is 10.4 Å². The number of aromatic nitrogens is 1. The number of hydrogen-bond acceptors (Lipinski definition) is 4. The minimum absolute atomic E-state index is 0.233. The number of anilines is 1. The van der Waals surface area contributed by atoms with E-state index in [1.54, 1.807) is 18.3 Å². The molecule has 0 saturated heterocycles. The Balaban J connectivity index is 1.35. The van der Waals surface area contributed by atoms with Gasteiger partial charge in [0.1, 0.15) is 0 Å². The Morgan fingerprint density at radius 3 is 2.28 bits per heavy atom. The lowest BCUT2D eigenvalue weighted by Gasteiger charge is -2.10. The summed E-state index contributed by atoms with van der Waals surface area (Å²) in [6.45, 7) is 1.27. The Morgan fingerprint density at radius 1 is 0.828 bits per heavy atom. The maximum absolute atomic E-state index is 12.2. The van der Waals surface area contributed by atoms with Gasteiger partial charge >= 0.3 is 0 Å². The third-order valence-corrected chi connectivity index (χ3v) is 6.50. The molecule has 0 saturated carbocycles. The number of pyridine rings is 1. The first-order valence-corrected chi connectivity index (χ1v) is 11.7. The molecule has 154 valence electrons. The molecule has 0 atom stereocenters. The van der Waals surface area contributed by atoms with Gasteiger partial charge in [-0.25, -0.2) is 13.1 Å². The zero-order valence-corrected chi connectivity index (χ0v) is 18.2. The number of fused-ring (bicyclic) bond motifs is 1. The molecule has 0 aliphatic carbocycles. The number of sulfonamides is 1. The normalized spacial score (nSPS) is 11.7. The summed E-state index contributed by atoms with van der Waals surface area (Å²) in [6.07, 6.45) is 5.54. The minimum atomic E-state index is -3.47. The van der Waals surface area contributed by atoms with Crippen molar-refractivity contribution in [2.75, 3.05) is 18.4 Å². The van der Waals surface area contributed by atoms with Gasteiger partial charge in [-0.05, 0) is 61.4 Å². The second-order valence-electron chi connectivity index (χ2n) is 6.71. The molecule has 29 heavy (non-hydrogen) atoms. The summed E-state index contributed by atoms with van der Waals surface area (Å²) in [7, 11) is -3.47. The summed E-state index contributed by atoms with van der Waals surface area (Å²) < 4.78 is 27.0. The first-order valence-electron chi connectivity index (χ1n) is 9.49. The van der Waals surface area contributed by atoms with Crippen LogP contribution in [-0.2, 0) is 10.0 Å². The maximum atomic E-state index is 12.2. The molecule has 0 aliphatic rings. The van der Waals surface area contributed by atoms with E-state index in [-0.39, 0.29) is 4.90 Å². The predicted octanol–water partition coefficient (Wildman–Crippen LogP) is 5.49. The van der Waals surface area contributed by atoms with E-state index >= 15 is 0 Å². The van der Waals surface area contributed by atoms with Gasteiger partial charge in [-0.3, -0.25) is 4.98 Å². The molecule has 2 N–H and O–H groups in total. The Morgan fingerprint density at radius 2 is 1.52 bits per heavy atom. The summed E-state index contributed by atoms with van der Waals surface area (Å²) in [4.78, 5) is 4.57. The Kier molecular flexibility index (Phi) is 7.72. The van der Waals surface area contributed by atoms with E-state index in [2.05, 4.69) is 15.0 Å². The lowest BCUT2D eigenvalue weighted by Crippen LogP contribution is -2.24. The summed E-state index contributed by atoms with van der Waals surface area (Å²) in [5, 5.41) is 5.68. The molecular formula is C21H23Cl2N3O2S. The fourth-order valence-corrected chi connectivity index (χ4v) is 4.37. The lowest BCUT2D eigenvalue weighted by atomic mass is 10.1. The van der Waals surface area contributed by atoms with Crippen LogP contribution >= 0.6 is 23.2 Å². The molecule has 3 rings (SSSR count). The molecule has 0 aliphatic heterocycles. The number of rotatable bonds is 10. The zero-order chi connectivity index (χ0) is 20.7. The summed E-state index contributed by atoms with van der Waals surface area (Å²) >= 11 is 11.8. The van der Waals surface area contributed by atoms with E-state index in [4.69, 9.17) is 23.2 Å². The average Bonchev–Trinajstić information content (AvgIpc) is 2.70. The Hall–Kier alpha value is -1.86. The third kappa shape index (κ3) is 6.31. The standard InChI is InChI=1S/C21H23Cl2N3O2S/c22-16-5-8-18(9-6-16)29(27,28)26-13-4-2-1-3-12-24-20-11-14-25-21-15-17(23)7-10-19(20)21/h5-11,14-15,26H,1-4,12-13H2,(H,24,25). The summed E-state index contributed by atoms with van der Waals surface area (Å²) in [5.41, 5.74) is 1.91. The van der Waals surface area contributed by atoms with E-state index in [0.29, 0.717) is 16.6 Å². The number of halogens is 2. The van der Waals surface area contributed by atoms with Gasteiger partial charge < -0.3 is 5.32 Å². The van der Waals surface area contributed by atoms with Crippen LogP contribution in [0.3, 0.4) is 0 Å². The van der Waals surface area contributed by atoms with Crippen LogP contribution in [0, 0.1) is 0 Å². The largest absolute Gasteiger partial charge is 0.384 e. The third-order valence-electron chi connectivity index (χ3n) is 4.54. The molecular weight excluding hydrogens is 429 g/mol. The SMILES string of the molecule is O=S(=O)(NCCCCCCNc1ccnc2cc(Cl)ccc12)c1ccc(Cl)cc1. The van der Waals surface area contributed by atoms with Crippen molar-refractivity contribution in [2.45, 2.75) is 30.6 Å². The van der Waals surface area contributed by atoms with Crippen LogP contribution in [-0.4, -0.2) is 26.5 Å². The molecule has 8 heteroatoms. The molecule has 0 bridgehead atoms. The van der Waals surface area contributed by atoms with E-state index in [9.17, 15) is 8.42 Å². The highest BCUT2D eigenvalue weighted by Gasteiger charge is 2.12. The summed E-state index contributed by atoms with van der Waals surface area (Å²) in [6, 6.07) is 13.8. The monoisotopic (exact) mass is 451 g/mol. The number of hydrogen-bond donors (Lipinski definition) is 2. The molecule has 0 fully saturated rings. The Labute approximate surface area is 181 Å². The first kappa shape index (κ1) is 21.8. The van der Waals surface area contributed by atoms with E-state index in [1.165, 1.54) is 12.1 Å². The molecule has 0 unspecified atom stereocenters. The smallest absolute Gasteiger partial charge is 0.240 e. The number of unbranched alkanes of at least 4 members (excludes halogenated alkanes) is 3. The molecule has 2 aromatic carbocycles. The fraction of sp³-hybridized carbons (Fsp3) is 0.286. The van der Waals surface area contributed by atoms with Crippen molar-refractivity contribution in [3.63, 3.8) is 0 Å². The highest BCUT2D eigenvalue weighted by Crippen LogP contribution is 2.24. The second kappa shape index (κ2) is 10.3. The lowest BCUT2D eigenvalue weighted by molar-refractivity contribution is 0.573. The highest BCUT2D eigenvalue weighted by molar-refractivity contribution is 7.89. The van der Waals surface area contributed by atoms with Crippen molar-refractivity contribution in [1.82, 2.24) is 9.71 Å². The van der Waals surface area contributed by atoms with Crippen LogP contribution in [0.25, 0.3) is 10.9 Å². The molecule has 0 radical (unpaired) electrons. The van der Waals surface area contributed by atoms with Gasteiger partial charge in [0.25, 0.3) is 0 Å². The maximum Gasteiger partial charge on any atom is 0.240 e. The van der Waals surface area contributed by atoms with Crippen LogP contribution in [0.1, 0.15) is 25.7 Å². The fourth-order valence-electron chi connectivity index (χ4n) is 3.01. The van der Waals surface area contributed by atoms with Gasteiger partial charge in [0.2, 0.25) is 10.0 Å². The first-order chi connectivity index (χ1) is 14.0. The molecule has 5 nitrogen and oxygen atoms in total. The molecule has 0 amide bonds. The van der Waals surface area contributed by atoms with Gasteiger partial charge in [-0.15, -0.1) is 0 Å². The highest BCUT2D eigenvalue weighted by atomic mass is 35.5. The van der Waals surface area contributed by atoms with Crippen molar-refractivity contribution < 1.29 is 8.42 Å². The van der Waals surface area contributed by atoms with Gasteiger partial charge in [-0.2, -0.15) is 0 Å². The second-order valence-corrected chi connectivity index (χ2v) is 9.35. The van der Waals surface area contributed by atoms with Crippen LogP contribution in [0.5, 0.6) is 0 Å². The topological polar surface area (TPSA) is 71.1 Å². The average molecular weight is 452 g/mol. The molecule has 3 aromatic rings. The quantitative estimate of drug-likeness (QED) is 0.399. The van der Waals surface area contributed by atoms with Crippen LogP contribution in [0.2, 0.25) is 10.0 Å². The molecule has 1 heterocycles. The van der Waals surface area contributed by atoms with Crippen molar-refractivity contribution in [2.24, 2.45) is 0 Å². The van der Waals surface area contributed by atoms with Crippen LogP contribution < -0.4 is 10.0 Å². The predicted molar refractivity (Wildman–Crippen MR) is 120 cm³/mol. The van der Waals surface area contributed by atoms with E-state index < -0.39 is 10.0 Å². The van der Waals surface area contributed by atoms with Gasteiger partial charge in [0, 0.05) is 40.4 Å². The van der Waals surface area contributed by atoms with Gasteiger partial charge in [-0.1, -0.05) is 36.0 Å². The Bertz CT molecular complexity index is 1060. The van der Waals surface area contributed by atoms with Crippen LogP contribution in [0.4, 0.5) is 5.69 Å². The number of nitrogens with one attached hydrogen (secondary N) is 2. The zero-order valence-electron chi connectivity index (χ0n) is 15.9. The number of benzene rings is 2. The summed E-state index contributed by atoms with van der Waals surface area (Å²) in [5.74, 6) is 0. The molecule has 1 aromatic heterocycles. The van der Waals surface area contributed by atoms with Gasteiger partial charge in [0.15, 0.2) is 0 Å². The van der Waals surface area contributed by atoms with Crippen molar-refractivity contribution >= 4 is 49.8 Å². The van der Waals surface area contributed by atoms with E-state index in [0.717, 1.165) is 48.8 Å². The van der Waals surface area contributed by atoms with Crippen molar-refractivity contribution in [1.29, 1.82) is 0 Å². The van der Waals surface area contributed by atoms with Crippen LogP contribution in [0.15, 0.2) is 59.6 Å². The minimum Gasteiger partial charge on any atom is -0.384 e. The number of nitrogens with zero attached hydrogens (tertiary/aromatic N) is 1. The van der Waals surface area contributed by atoms with Crippen molar-refractivity contribution in [3.05, 3.63) is 64.8 Å².